The second-order valence-corrected chi connectivity index (χ2v) is 14.9. The zero-order chi connectivity index (χ0) is 34.9. The van der Waals surface area contributed by atoms with Crippen molar-refractivity contribution in [2.24, 2.45) is 0 Å². The highest BCUT2D eigenvalue weighted by molar-refractivity contribution is 7.52. The molecule has 0 aliphatic rings. The molecule has 0 bridgehead atoms. The van der Waals surface area contributed by atoms with E-state index in [-0.39, 0.29) is 26.1 Å². The van der Waals surface area contributed by atoms with Gasteiger partial charge in [0.1, 0.15) is 19.4 Å². The molecular weight excluding hydrogens is 619 g/mol. The molecule has 0 saturated carbocycles. The Labute approximate surface area is 287 Å². The highest BCUT2D eigenvalue weighted by Crippen LogP contribution is 2.34. The lowest BCUT2D eigenvalue weighted by molar-refractivity contribution is -0.165. The van der Waals surface area contributed by atoms with Crippen LogP contribution in [-0.2, 0) is 33.2 Å². The van der Waals surface area contributed by atoms with Gasteiger partial charge in [0.05, 0.1) is 0 Å². The van der Waals surface area contributed by atoms with Gasteiger partial charge in [0.25, 0.3) is 0 Å². The average Bonchev–Trinajstić information content (AvgIpc) is 3.02. The van der Waals surface area contributed by atoms with Gasteiger partial charge in [-0.25, -0.2) is 0 Å². The second-order valence-electron chi connectivity index (χ2n) is 13.3. The third-order valence-corrected chi connectivity index (χ3v) is 9.13. The van der Waals surface area contributed by atoms with Crippen LogP contribution in [-0.4, -0.2) is 53.2 Å². The van der Waals surface area contributed by atoms with Crippen LogP contribution < -0.4 is 0 Å². The molecule has 10 heteroatoms. The summed E-state index contributed by atoms with van der Waals surface area (Å²) in [6, 6.07) is 0. The summed E-state index contributed by atoms with van der Waals surface area (Å²) in [6.07, 6.45) is 29.6. The molecule has 47 heavy (non-hydrogen) atoms. The maximum absolute atomic E-state index is 12.3. The van der Waals surface area contributed by atoms with Gasteiger partial charge in [0.2, 0.25) is 0 Å². The largest absolute Gasteiger partial charge is 0.462 e. The van der Waals surface area contributed by atoms with Crippen molar-refractivity contribution < 1.29 is 42.9 Å². The van der Waals surface area contributed by atoms with Crippen LogP contribution in [0.25, 0.3) is 0 Å². The monoisotopic (exact) mass is 690 g/mol. The molecule has 2 N–H and O–H groups in total. The molecule has 0 fully saturated rings. The Morgan fingerprint density at radius 3 is 1.02 bits per heavy atom. The predicted octanol–water partition coefficient (Wildman–Crippen LogP) is 10.1. The highest BCUT2D eigenvalue weighted by atomic mass is 31.2. The summed E-state index contributed by atoms with van der Waals surface area (Å²) in [5, 5.41) is 0. The van der Waals surface area contributed by atoms with Gasteiger partial charge in [0.15, 0.2) is 6.10 Å². The Bertz CT molecular complexity index is 753. The fraction of sp³-hybridized carbons (Fsp3) is 0.919. The predicted molar refractivity (Wildman–Crippen MR) is 189 cm³/mol. The number of rotatable bonds is 35. The molecule has 0 radical (unpaired) electrons. The number of unbranched alkanes of at least 4 members (excludes halogenated alkanes) is 24. The average molecular weight is 691 g/mol. The Morgan fingerprint density at radius 1 is 0.468 bits per heavy atom. The van der Waals surface area contributed by atoms with Gasteiger partial charge >= 0.3 is 25.5 Å². The van der Waals surface area contributed by atoms with Gasteiger partial charge in [-0.3, -0.25) is 18.9 Å². The van der Waals surface area contributed by atoms with Crippen molar-refractivity contribution in [1.82, 2.24) is 0 Å². The summed E-state index contributed by atoms with van der Waals surface area (Å²) < 4.78 is 26.8. The summed E-state index contributed by atoms with van der Waals surface area (Å²) in [6.45, 7) is 3.80. The van der Waals surface area contributed by atoms with E-state index in [1.807, 2.05) is 0 Å². The van der Waals surface area contributed by atoms with Crippen LogP contribution >= 0.6 is 7.60 Å². The van der Waals surface area contributed by atoms with Crippen molar-refractivity contribution in [1.29, 1.82) is 0 Å². The number of carbonyl (C=O) groups excluding carboxylic acids is 3. The van der Waals surface area contributed by atoms with Crippen molar-refractivity contribution in [3.63, 3.8) is 0 Å². The first-order valence-electron chi connectivity index (χ1n) is 19.2. The van der Waals surface area contributed by atoms with E-state index in [1.165, 1.54) is 116 Å². The fourth-order valence-corrected chi connectivity index (χ4v) is 6.01. The van der Waals surface area contributed by atoms with Crippen LogP contribution in [0.4, 0.5) is 0 Å². The zero-order valence-electron chi connectivity index (χ0n) is 30.2. The molecule has 0 aromatic heterocycles. The van der Waals surface area contributed by atoms with E-state index < -0.39 is 37.8 Å². The summed E-state index contributed by atoms with van der Waals surface area (Å²) in [5.41, 5.74) is 0. The van der Waals surface area contributed by atoms with E-state index >= 15 is 0 Å². The summed E-state index contributed by atoms with van der Waals surface area (Å²) >= 11 is 0. The molecule has 0 aliphatic heterocycles. The van der Waals surface area contributed by atoms with E-state index in [2.05, 4.69) is 13.8 Å². The Morgan fingerprint density at radius 2 is 0.745 bits per heavy atom. The van der Waals surface area contributed by atoms with Gasteiger partial charge in [-0.05, 0) is 12.8 Å². The van der Waals surface area contributed by atoms with Crippen LogP contribution in [0.3, 0.4) is 0 Å². The van der Waals surface area contributed by atoms with E-state index in [0.717, 1.165) is 38.5 Å². The summed E-state index contributed by atoms with van der Waals surface area (Å²) in [5.74, 6) is -2.02. The molecule has 0 unspecified atom stereocenters. The minimum absolute atomic E-state index is 0.236. The molecule has 9 nitrogen and oxygen atoms in total. The molecular formula is C37H71O9P. The maximum atomic E-state index is 12.3. The molecule has 0 amide bonds. The lowest BCUT2D eigenvalue weighted by atomic mass is 10.0. The smallest absolute Gasteiger partial charge is 0.336 e. The summed E-state index contributed by atoms with van der Waals surface area (Å²) in [7, 11) is -4.62. The molecule has 0 saturated heterocycles. The first-order valence-corrected chi connectivity index (χ1v) is 21.0. The van der Waals surface area contributed by atoms with E-state index in [1.54, 1.807) is 0 Å². The highest BCUT2D eigenvalue weighted by Gasteiger charge is 2.25. The van der Waals surface area contributed by atoms with Crippen molar-refractivity contribution in [2.45, 2.75) is 200 Å². The number of hydrogen-bond acceptors (Lipinski definition) is 7. The SMILES string of the molecule is CCCCCCCCCCCCCCCC(=O)OCC(COC(=O)CCCCCCCCCCCCCCC)OC(=O)CP(=O)(O)O. The van der Waals surface area contributed by atoms with Crippen LogP contribution in [0, 0.1) is 0 Å². The number of carbonyl (C=O) groups is 3. The van der Waals surface area contributed by atoms with Crippen molar-refractivity contribution in [2.75, 3.05) is 19.4 Å². The maximum Gasteiger partial charge on any atom is 0.336 e. The first kappa shape index (κ1) is 45.6. The minimum atomic E-state index is -4.62. The lowest BCUT2D eigenvalue weighted by Gasteiger charge is -2.18. The fourth-order valence-electron chi connectivity index (χ4n) is 5.60. The van der Waals surface area contributed by atoms with Crippen LogP contribution in [0.5, 0.6) is 0 Å². The standard InChI is InChI=1S/C37H71O9P/c1-3-5-7-9-11-13-15-17-19-21-23-25-27-29-35(38)44-31-34(46-37(40)33-47(41,42)43)32-45-36(39)30-28-26-24-22-20-18-16-14-12-10-8-6-4-2/h34H,3-33H2,1-2H3,(H2,41,42,43). The molecule has 0 aromatic carbocycles. The number of ether oxygens (including phenoxy) is 3. The van der Waals surface area contributed by atoms with Crippen LogP contribution in [0.15, 0.2) is 0 Å². The van der Waals surface area contributed by atoms with Crippen molar-refractivity contribution in [3.05, 3.63) is 0 Å². The molecule has 0 aliphatic carbocycles. The van der Waals surface area contributed by atoms with E-state index in [0.29, 0.717) is 12.8 Å². The Hall–Kier alpha value is -1.44. The quantitative estimate of drug-likeness (QED) is 0.0288. The van der Waals surface area contributed by atoms with Crippen molar-refractivity contribution in [3.8, 4) is 0 Å². The molecule has 278 valence electrons. The number of hydrogen-bond donors (Lipinski definition) is 2. The normalized spacial score (nSPS) is 11.6. The molecule has 0 heterocycles. The molecule has 0 atom stereocenters. The lowest BCUT2D eigenvalue weighted by Crippen LogP contribution is -2.31. The third kappa shape index (κ3) is 35.7. The van der Waals surface area contributed by atoms with Crippen LogP contribution in [0.2, 0.25) is 0 Å². The van der Waals surface area contributed by atoms with Gasteiger partial charge in [-0.1, -0.05) is 168 Å². The van der Waals surface area contributed by atoms with Gasteiger partial charge < -0.3 is 24.0 Å². The van der Waals surface area contributed by atoms with Gasteiger partial charge in [0, 0.05) is 12.8 Å². The van der Waals surface area contributed by atoms with Crippen molar-refractivity contribution >= 4 is 25.5 Å². The number of esters is 3. The Kier molecular flexibility index (Phi) is 32.1. The molecule has 0 spiro atoms. The van der Waals surface area contributed by atoms with E-state index in [9.17, 15) is 18.9 Å². The van der Waals surface area contributed by atoms with E-state index in [4.69, 9.17) is 24.0 Å². The minimum Gasteiger partial charge on any atom is -0.462 e. The molecule has 0 aromatic rings. The second kappa shape index (κ2) is 33.1. The molecule has 0 rings (SSSR count). The van der Waals surface area contributed by atoms with Gasteiger partial charge in [-0.2, -0.15) is 0 Å². The zero-order valence-corrected chi connectivity index (χ0v) is 31.1. The van der Waals surface area contributed by atoms with Crippen LogP contribution in [0.1, 0.15) is 194 Å². The Balaban J connectivity index is 4.11. The van der Waals surface area contributed by atoms with Gasteiger partial charge in [-0.15, -0.1) is 0 Å². The topological polar surface area (TPSA) is 136 Å². The third-order valence-electron chi connectivity index (χ3n) is 8.46. The summed E-state index contributed by atoms with van der Waals surface area (Å²) in [4.78, 5) is 54.6. The first-order chi connectivity index (χ1) is 22.7.